The predicted molar refractivity (Wildman–Crippen MR) is 124 cm³/mol. The summed E-state index contributed by atoms with van der Waals surface area (Å²) in [4.78, 5) is 27.0. The van der Waals surface area contributed by atoms with Crippen LogP contribution in [-0.4, -0.2) is 43.7 Å². The van der Waals surface area contributed by atoms with Gasteiger partial charge in [-0.25, -0.2) is 19.7 Å². The maximum atomic E-state index is 13.1. The molecule has 1 fully saturated rings. The number of nitrogens with zero attached hydrogens (tertiary/aromatic N) is 5. The van der Waals surface area contributed by atoms with Gasteiger partial charge >= 0.3 is 12.1 Å². The highest BCUT2D eigenvalue weighted by atomic mass is 19.4. The number of benzene rings is 2. The van der Waals surface area contributed by atoms with E-state index in [1.54, 1.807) is 0 Å². The van der Waals surface area contributed by atoms with Gasteiger partial charge in [-0.1, -0.05) is 35.9 Å². The van der Waals surface area contributed by atoms with Crippen molar-refractivity contribution in [3.63, 3.8) is 0 Å². The second-order valence-corrected chi connectivity index (χ2v) is 8.63. The first kappa shape index (κ1) is 22.8. The minimum absolute atomic E-state index is 0.217. The highest BCUT2D eigenvalue weighted by Gasteiger charge is 2.30. The Hall–Kier alpha value is -3.95. The number of aromatic carboxylic acids is 1. The molecule has 35 heavy (non-hydrogen) atoms. The topological polar surface area (TPSA) is 84.1 Å². The molecule has 1 saturated heterocycles. The van der Waals surface area contributed by atoms with Gasteiger partial charge in [0.2, 0.25) is 5.82 Å². The van der Waals surface area contributed by atoms with E-state index in [-0.39, 0.29) is 18.0 Å². The maximum Gasteiger partial charge on any atom is 0.416 e. The lowest BCUT2D eigenvalue weighted by atomic mass is 10.1. The van der Waals surface area contributed by atoms with E-state index in [0.29, 0.717) is 22.7 Å². The summed E-state index contributed by atoms with van der Waals surface area (Å²) < 4.78 is 41.1. The number of aromatic nitrogens is 4. The molecule has 3 heterocycles. The SMILES string of the molecule is Cc1cccc(-c2nc3nc(C(=O)O)nc(N4CCCC4)c3n2Cc2ccc(C(F)(F)F)cc2)c1. The van der Waals surface area contributed by atoms with Gasteiger partial charge in [0.05, 0.1) is 5.56 Å². The van der Waals surface area contributed by atoms with Crippen LogP contribution in [0.4, 0.5) is 19.0 Å². The van der Waals surface area contributed by atoms with Crippen LogP contribution in [-0.2, 0) is 12.7 Å². The van der Waals surface area contributed by atoms with Crippen molar-refractivity contribution in [3.8, 4) is 11.4 Å². The molecule has 5 rings (SSSR count). The number of anilines is 1. The van der Waals surface area contributed by atoms with Crippen LogP contribution in [0.5, 0.6) is 0 Å². The van der Waals surface area contributed by atoms with Crippen molar-refractivity contribution in [2.24, 2.45) is 0 Å². The summed E-state index contributed by atoms with van der Waals surface area (Å²) in [7, 11) is 0. The van der Waals surface area contributed by atoms with Gasteiger partial charge in [0, 0.05) is 25.2 Å². The van der Waals surface area contributed by atoms with Crippen molar-refractivity contribution < 1.29 is 23.1 Å². The van der Waals surface area contributed by atoms with Gasteiger partial charge in [0.1, 0.15) is 11.3 Å². The van der Waals surface area contributed by atoms with Gasteiger partial charge in [0.25, 0.3) is 0 Å². The molecule has 2 aromatic heterocycles. The van der Waals surface area contributed by atoms with E-state index in [1.165, 1.54) is 12.1 Å². The standard InChI is InChI=1S/C25H22F3N5O2/c1-15-5-4-6-17(13-15)22-30-20-19(23(32-11-2-3-12-32)31-21(29-20)24(34)35)33(22)14-16-7-9-18(10-8-16)25(26,27)28/h4-10,13H,2-3,11-12,14H2,1H3,(H,34,35). The van der Waals surface area contributed by atoms with Crippen molar-refractivity contribution >= 4 is 23.0 Å². The predicted octanol–water partition coefficient (Wildman–Crippen LogP) is 5.17. The van der Waals surface area contributed by atoms with Crippen LogP contribution >= 0.6 is 0 Å². The zero-order valence-electron chi connectivity index (χ0n) is 18.9. The highest BCUT2D eigenvalue weighted by Crippen LogP contribution is 2.33. The number of carboxylic acids is 1. The van der Waals surface area contributed by atoms with Gasteiger partial charge in [-0.2, -0.15) is 13.2 Å². The highest BCUT2D eigenvalue weighted by molar-refractivity contribution is 5.92. The largest absolute Gasteiger partial charge is 0.475 e. The first-order chi connectivity index (χ1) is 16.7. The van der Waals surface area contributed by atoms with E-state index in [4.69, 9.17) is 4.98 Å². The Morgan fingerprint density at radius 1 is 1.03 bits per heavy atom. The van der Waals surface area contributed by atoms with Gasteiger partial charge in [0.15, 0.2) is 11.5 Å². The van der Waals surface area contributed by atoms with Crippen molar-refractivity contribution in [1.82, 2.24) is 19.5 Å². The van der Waals surface area contributed by atoms with Crippen LogP contribution in [0.25, 0.3) is 22.6 Å². The van der Waals surface area contributed by atoms with Gasteiger partial charge in [-0.15, -0.1) is 0 Å². The van der Waals surface area contributed by atoms with E-state index in [1.807, 2.05) is 40.7 Å². The first-order valence-corrected chi connectivity index (χ1v) is 11.2. The number of aryl methyl sites for hydroxylation is 1. The Kier molecular flexibility index (Phi) is 5.66. The Labute approximate surface area is 198 Å². The summed E-state index contributed by atoms with van der Waals surface area (Å²) in [6.45, 7) is 3.60. The number of alkyl halides is 3. The van der Waals surface area contributed by atoms with Crippen LogP contribution in [0.2, 0.25) is 0 Å². The van der Waals surface area contributed by atoms with Crippen molar-refractivity contribution in [1.29, 1.82) is 0 Å². The molecule has 0 saturated carbocycles. The minimum Gasteiger partial charge on any atom is -0.475 e. The molecule has 4 aromatic rings. The van der Waals surface area contributed by atoms with E-state index >= 15 is 0 Å². The molecule has 0 atom stereocenters. The lowest BCUT2D eigenvalue weighted by Crippen LogP contribution is -2.22. The molecule has 0 bridgehead atoms. The molecule has 1 N–H and O–H groups in total. The summed E-state index contributed by atoms with van der Waals surface area (Å²) in [6, 6.07) is 12.7. The normalized spacial score (nSPS) is 14.1. The van der Waals surface area contributed by atoms with Crippen molar-refractivity contribution in [3.05, 3.63) is 71.0 Å². The molecule has 0 aliphatic carbocycles. The third-order valence-corrected chi connectivity index (χ3v) is 6.08. The number of fused-ring (bicyclic) bond motifs is 1. The van der Waals surface area contributed by atoms with E-state index in [2.05, 4.69) is 9.97 Å². The molecule has 10 heteroatoms. The average Bonchev–Trinajstić information content (AvgIpc) is 3.47. The molecular formula is C25H22F3N5O2. The Morgan fingerprint density at radius 2 is 1.74 bits per heavy atom. The first-order valence-electron chi connectivity index (χ1n) is 11.2. The number of carboxylic acid groups (broad SMARTS) is 1. The second kappa shape index (κ2) is 8.68. The Balaban J connectivity index is 1.72. The third kappa shape index (κ3) is 4.43. The maximum absolute atomic E-state index is 13.1. The average molecular weight is 481 g/mol. The molecule has 0 radical (unpaired) electrons. The van der Waals surface area contributed by atoms with Crippen LogP contribution < -0.4 is 4.90 Å². The number of carbonyl (C=O) groups is 1. The molecule has 7 nitrogen and oxygen atoms in total. The molecule has 1 aliphatic rings. The quantitative estimate of drug-likeness (QED) is 0.424. The zero-order valence-corrected chi connectivity index (χ0v) is 18.9. The molecule has 0 unspecified atom stereocenters. The smallest absolute Gasteiger partial charge is 0.416 e. The van der Waals surface area contributed by atoms with Crippen molar-refractivity contribution in [2.75, 3.05) is 18.0 Å². The molecule has 180 valence electrons. The van der Waals surface area contributed by atoms with Crippen LogP contribution in [0.15, 0.2) is 48.5 Å². The summed E-state index contributed by atoms with van der Waals surface area (Å²) in [5, 5.41) is 9.60. The lowest BCUT2D eigenvalue weighted by Gasteiger charge is -2.19. The third-order valence-electron chi connectivity index (χ3n) is 6.08. The molecule has 0 spiro atoms. The van der Waals surface area contributed by atoms with Gasteiger partial charge in [-0.05, 0) is 43.5 Å². The molecule has 2 aromatic carbocycles. The van der Waals surface area contributed by atoms with E-state index < -0.39 is 17.7 Å². The number of imidazole rings is 1. The fraction of sp³-hybridized carbons (Fsp3) is 0.280. The van der Waals surface area contributed by atoms with Crippen LogP contribution in [0.3, 0.4) is 0 Å². The minimum atomic E-state index is -4.42. The van der Waals surface area contributed by atoms with Crippen molar-refractivity contribution in [2.45, 2.75) is 32.5 Å². The summed E-state index contributed by atoms with van der Waals surface area (Å²) in [6.07, 6.45) is -2.52. The van der Waals surface area contributed by atoms with Gasteiger partial charge < -0.3 is 14.6 Å². The summed E-state index contributed by atoms with van der Waals surface area (Å²) in [5.41, 5.74) is 2.52. The molecule has 0 amide bonds. The van der Waals surface area contributed by atoms with Gasteiger partial charge in [-0.3, -0.25) is 0 Å². The number of rotatable bonds is 5. The summed E-state index contributed by atoms with van der Waals surface area (Å²) >= 11 is 0. The van der Waals surface area contributed by atoms with E-state index in [9.17, 15) is 23.1 Å². The lowest BCUT2D eigenvalue weighted by molar-refractivity contribution is -0.137. The zero-order chi connectivity index (χ0) is 24.7. The number of halogens is 3. The molecule has 1 aliphatic heterocycles. The van der Waals surface area contributed by atoms with Crippen LogP contribution in [0.1, 0.15) is 40.2 Å². The Morgan fingerprint density at radius 3 is 2.37 bits per heavy atom. The second-order valence-electron chi connectivity index (χ2n) is 8.63. The van der Waals surface area contributed by atoms with E-state index in [0.717, 1.165) is 49.2 Å². The monoisotopic (exact) mass is 481 g/mol. The Bertz CT molecular complexity index is 1410. The van der Waals surface area contributed by atoms with Crippen LogP contribution in [0, 0.1) is 6.92 Å². The summed E-state index contributed by atoms with van der Waals surface area (Å²) in [5.74, 6) is -0.569. The number of hydrogen-bond acceptors (Lipinski definition) is 5. The fourth-order valence-corrected chi connectivity index (χ4v) is 4.40. The fourth-order valence-electron chi connectivity index (χ4n) is 4.40. The number of hydrogen-bond donors (Lipinski definition) is 1. The molecular weight excluding hydrogens is 459 g/mol.